The van der Waals surface area contributed by atoms with Crippen molar-refractivity contribution in [2.75, 3.05) is 26.8 Å². The Balaban J connectivity index is 1.92. The Labute approximate surface area is 142 Å². The highest BCUT2D eigenvalue weighted by Gasteiger charge is 2.25. The summed E-state index contributed by atoms with van der Waals surface area (Å²) in [7, 11) is 1.37. The molecule has 6 heteroatoms. The van der Waals surface area contributed by atoms with Crippen molar-refractivity contribution in [3.05, 3.63) is 29.8 Å². The SMILES string of the molecule is CCOc1ccc(CC(CNC(=O)C2CCCN2)C(=O)OC)cc1. The van der Waals surface area contributed by atoms with Gasteiger partial charge in [-0.3, -0.25) is 9.59 Å². The molecular weight excluding hydrogens is 308 g/mol. The molecular formula is C18H26N2O4. The van der Waals surface area contributed by atoms with Crippen LogP contribution in [0.5, 0.6) is 5.75 Å². The minimum atomic E-state index is -0.404. The standard InChI is InChI=1S/C18H26N2O4/c1-3-24-15-8-6-13(7-9-15)11-14(18(22)23-2)12-20-17(21)16-5-4-10-19-16/h6-9,14,16,19H,3-5,10-12H2,1-2H3,(H,20,21). The molecule has 6 nitrogen and oxygen atoms in total. The molecule has 0 radical (unpaired) electrons. The number of methoxy groups -OCH3 is 1. The van der Waals surface area contributed by atoms with Crippen molar-refractivity contribution in [1.29, 1.82) is 0 Å². The lowest BCUT2D eigenvalue weighted by atomic mass is 9.99. The first-order chi connectivity index (χ1) is 11.6. The molecule has 0 bridgehead atoms. The maximum atomic E-state index is 12.1. The fourth-order valence-electron chi connectivity index (χ4n) is 2.83. The van der Waals surface area contributed by atoms with Crippen molar-refractivity contribution in [3.63, 3.8) is 0 Å². The summed E-state index contributed by atoms with van der Waals surface area (Å²) in [5.74, 6) is 0.0337. The van der Waals surface area contributed by atoms with Gasteiger partial charge in [-0.2, -0.15) is 0 Å². The van der Waals surface area contributed by atoms with Crippen molar-refractivity contribution in [3.8, 4) is 5.75 Å². The van der Waals surface area contributed by atoms with E-state index in [-0.39, 0.29) is 24.5 Å². The smallest absolute Gasteiger partial charge is 0.310 e. The van der Waals surface area contributed by atoms with Crippen LogP contribution in [0.2, 0.25) is 0 Å². The van der Waals surface area contributed by atoms with E-state index in [4.69, 9.17) is 9.47 Å². The van der Waals surface area contributed by atoms with E-state index in [1.807, 2.05) is 31.2 Å². The third kappa shape index (κ3) is 5.23. The van der Waals surface area contributed by atoms with Crippen LogP contribution >= 0.6 is 0 Å². The van der Waals surface area contributed by atoms with Crippen LogP contribution in [0.3, 0.4) is 0 Å². The van der Waals surface area contributed by atoms with Crippen molar-refractivity contribution < 1.29 is 19.1 Å². The predicted molar refractivity (Wildman–Crippen MR) is 90.9 cm³/mol. The summed E-state index contributed by atoms with van der Waals surface area (Å²) >= 11 is 0. The van der Waals surface area contributed by atoms with Gasteiger partial charge >= 0.3 is 5.97 Å². The molecule has 0 aromatic heterocycles. The highest BCUT2D eigenvalue weighted by atomic mass is 16.5. The van der Waals surface area contributed by atoms with Gasteiger partial charge in [0.2, 0.25) is 5.91 Å². The summed E-state index contributed by atoms with van der Waals surface area (Å²) in [6.45, 7) is 3.69. The van der Waals surface area contributed by atoms with Crippen LogP contribution < -0.4 is 15.4 Å². The second kappa shape index (κ2) is 9.27. The van der Waals surface area contributed by atoms with Gasteiger partial charge in [-0.05, 0) is 50.4 Å². The van der Waals surface area contributed by atoms with Crippen LogP contribution in [0.15, 0.2) is 24.3 Å². The van der Waals surface area contributed by atoms with Gasteiger partial charge < -0.3 is 20.1 Å². The predicted octanol–water partition coefficient (Wildman–Crippen LogP) is 1.29. The van der Waals surface area contributed by atoms with E-state index < -0.39 is 5.92 Å². The van der Waals surface area contributed by atoms with E-state index in [0.717, 1.165) is 30.7 Å². The molecule has 2 N–H and O–H groups in total. The zero-order chi connectivity index (χ0) is 17.4. The maximum absolute atomic E-state index is 12.1. The molecule has 0 spiro atoms. The Morgan fingerprint density at radius 1 is 1.33 bits per heavy atom. The molecule has 2 unspecified atom stereocenters. The van der Waals surface area contributed by atoms with Gasteiger partial charge in [-0.25, -0.2) is 0 Å². The molecule has 2 rings (SSSR count). The van der Waals surface area contributed by atoms with Crippen LogP contribution in [-0.2, 0) is 20.7 Å². The summed E-state index contributed by atoms with van der Waals surface area (Å²) in [6.07, 6.45) is 2.36. The van der Waals surface area contributed by atoms with Gasteiger partial charge in [0, 0.05) is 6.54 Å². The average molecular weight is 334 g/mol. The number of amides is 1. The fourth-order valence-corrected chi connectivity index (χ4v) is 2.83. The number of benzene rings is 1. The fraction of sp³-hybridized carbons (Fsp3) is 0.556. The van der Waals surface area contributed by atoms with Gasteiger partial charge in [0.05, 0.1) is 25.7 Å². The molecule has 24 heavy (non-hydrogen) atoms. The first-order valence-corrected chi connectivity index (χ1v) is 8.44. The molecule has 1 fully saturated rings. The van der Waals surface area contributed by atoms with E-state index in [1.165, 1.54) is 7.11 Å². The number of rotatable bonds is 8. The molecule has 132 valence electrons. The normalized spacial score (nSPS) is 18.0. The third-order valence-corrected chi connectivity index (χ3v) is 4.15. The molecule has 1 aromatic rings. The quantitative estimate of drug-likeness (QED) is 0.701. The number of hydrogen-bond acceptors (Lipinski definition) is 5. The number of ether oxygens (including phenoxy) is 2. The Morgan fingerprint density at radius 2 is 2.08 bits per heavy atom. The van der Waals surface area contributed by atoms with Gasteiger partial charge in [0.25, 0.3) is 0 Å². The van der Waals surface area contributed by atoms with Crippen LogP contribution in [-0.4, -0.2) is 44.7 Å². The lowest BCUT2D eigenvalue weighted by Crippen LogP contribution is -2.43. The van der Waals surface area contributed by atoms with Crippen molar-refractivity contribution in [2.24, 2.45) is 5.92 Å². The molecule has 0 saturated carbocycles. The van der Waals surface area contributed by atoms with Gasteiger partial charge in [-0.1, -0.05) is 12.1 Å². The second-order valence-corrected chi connectivity index (χ2v) is 5.90. The minimum absolute atomic E-state index is 0.0481. The topological polar surface area (TPSA) is 76.7 Å². The highest BCUT2D eigenvalue weighted by molar-refractivity contribution is 5.82. The van der Waals surface area contributed by atoms with Gasteiger partial charge in [-0.15, -0.1) is 0 Å². The van der Waals surface area contributed by atoms with Crippen molar-refractivity contribution in [1.82, 2.24) is 10.6 Å². The van der Waals surface area contributed by atoms with Crippen LogP contribution in [0, 0.1) is 5.92 Å². The number of esters is 1. The third-order valence-electron chi connectivity index (χ3n) is 4.15. The number of nitrogens with one attached hydrogen (secondary N) is 2. The zero-order valence-corrected chi connectivity index (χ0v) is 14.3. The summed E-state index contributed by atoms with van der Waals surface area (Å²) in [5.41, 5.74) is 1.00. The highest BCUT2D eigenvalue weighted by Crippen LogP contribution is 2.16. The summed E-state index contributed by atoms with van der Waals surface area (Å²) in [6, 6.07) is 7.49. The Morgan fingerprint density at radius 3 is 2.67 bits per heavy atom. The Kier molecular flexibility index (Phi) is 7.06. The number of carbonyl (C=O) groups is 2. The average Bonchev–Trinajstić information content (AvgIpc) is 3.14. The number of carbonyl (C=O) groups excluding carboxylic acids is 2. The Bertz CT molecular complexity index is 538. The van der Waals surface area contributed by atoms with Crippen LogP contribution in [0.25, 0.3) is 0 Å². The van der Waals surface area contributed by atoms with Crippen LogP contribution in [0.4, 0.5) is 0 Å². The molecule has 1 saturated heterocycles. The lowest BCUT2D eigenvalue weighted by molar-refractivity contribution is -0.145. The summed E-state index contributed by atoms with van der Waals surface area (Å²) in [4.78, 5) is 24.1. The molecule has 1 amide bonds. The first kappa shape index (κ1) is 18.3. The van der Waals surface area contributed by atoms with E-state index in [1.54, 1.807) is 0 Å². The molecule has 1 aromatic carbocycles. The second-order valence-electron chi connectivity index (χ2n) is 5.90. The summed E-state index contributed by atoms with van der Waals surface area (Å²) in [5, 5.41) is 6.01. The van der Waals surface area contributed by atoms with E-state index >= 15 is 0 Å². The largest absolute Gasteiger partial charge is 0.494 e. The van der Waals surface area contributed by atoms with E-state index in [0.29, 0.717) is 13.0 Å². The van der Waals surface area contributed by atoms with E-state index in [9.17, 15) is 9.59 Å². The lowest BCUT2D eigenvalue weighted by Gasteiger charge is -2.17. The van der Waals surface area contributed by atoms with Crippen LogP contribution in [0.1, 0.15) is 25.3 Å². The van der Waals surface area contributed by atoms with Crippen molar-refractivity contribution >= 4 is 11.9 Å². The minimum Gasteiger partial charge on any atom is -0.494 e. The Hall–Kier alpha value is -2.08. The monoisotopic (exact) mass is 334 g/mol. The van der Waals surface area contributed by atoms with E-state index in [2.05, 4.69) is 10.6 Å². The molecule has 2 atom stereocenters. The molecule has 1 aliphatic heterocycles. The van der Waals surface area contributed by atoms with Gasteiger partial charge in [0.1, 0.15) is 5.75 Å². The zero-order valence-electron chi connectivity index (χ0n) is 14.3. The first-order valence-electron chi connectivity index (χ1n) is 8.44. The molecule has 1 aliphatic rings. The molecule has 1 heterocycles. The number of hydrogen-bond donors (Lipinski definition) is 2. The maximum Gasteiger partial charge on any atom is 0.310 e. The van der Waals surface area contributed by atoms with Gasteiger partial charge in [0.15, 0.2) is 0 Å². The molecule has 0 aliphatic carbocycles. The van der Waals surface area contributed by atoms with Crippen molar-refractivity contribution in [2.45, 2.75) is 32.2 Å². The summed E-state index contributed by atoms with van der Waals surface area (Å²) < 4.78 is 10.3.